The molecule has 0 amide bonds. The standard InChI is InChI=1S/C26H39N4O9PS2/c1-23(2,3)21(32)41-12-10-36-40(35,37-11-13-42-22(33)24(4,5)6)39-18-17-26(18,34)20(31)25(7,38-17)16-9-8-15-19(27)28-14-29-30(15)16/h8-9,14,17-18,20,31,34H,10-13H2,1-7H3,(H2,27,28,29)/t17-,18?,20+,25+,26+/m1/s1. The van der Waals surface area contributed by atoms with Gasteiger partial charge in [0.25, 0.3) is 0 Å². The third-order valence-corrected chi connectivity index (χ3v) is 11.0. The molecule has 0 aromatic carbocycles. The Bertz CT molecular complexity index is 1360. The first-order valence-electron chi connectivity index (χ1n) is 13.4. The number of phosphoric acid groups is 1. The van der Waals surface area contributed by atoms with E-state index in [1.165, 1.54) is 10.8 Å². The van der Waals surface area contributed by atoms with Crippen LogP contribution in [0.5, 0.6) is 0 Å². The summed E-state index contributed by atoms with van der Waals surface area (Å²) in [5.74, 6) is 0.607. The molecule has 16 heteroatoms. The Labute approximate surface area is 253 Å². The van der Waals surface area contributed by atoms with Gasteiger partial charge in [-0.1, -0.05) is 65.1 Å². The van der Waals surface area contributed by atoms with Crippen LogP contribution in [0.1, 0.15) is 54.2 Å². The van der Waals surface area contributed by atoms with Gasteiger partial charge in [-0.25, -0.2) is 14.1 Å². The summed E-state index contributed by atoms with van der Waals surface area (Å²) in [4.78, 5) is 28.5. The maximum Gasteiger partial charge on any atom is 0.475 e. The van der Waals surface area contributed by atoms with E-state index < -0.39 is 48.2 Å². The van der Waals surface area contributed by atoms with Crippen LogP contribution in [0, 0.1) is 10.8 Å². The molecule has 4 N–H and O–H groups in total. The number of carbonyl (C=O) groups is 2. The number of nitrogens with two attached hydrogens (primary N) is 1. The van der Waals surface area contributed by atoms with Gasteiger partial charge in [0, 0.05) is 22.3 Å². The van der Waals surface area contributed by atoms with Crippen LogP contribution in [0.25, 0.3) is 5.52 Å². The van der Waals surface area contributed by atoms with E-state index in [-0.39, 0.29) is 40.8 Å². The summed E-state index contributed by atoms with van der Waals surface area (Å²) in [6.45, 7) is 12.1. The van der Waals surface area contributed by atoms with Crippen molar-refractivity contribution in [1.82, 2.24) is 14.6 Å². The highest BCUT2D eigenvalue weighted by molar-refractivity contribution is 8.14. The van der Waals surface area contributed by atoms with Crippen LogP contribution in [0.2, 0.25) is 0 Å². The molecule has 2 aromatic rings. The average molecular weight is 647 g/mol. The molecule has 1 unspecified atom stereocenters. The molecule has 0 bridgehead atoms. The number of phosphoric ester groups is 1. The second kappa shape index (κ2) is 11.8. The number of fused-ring (bicyclic) bond motifs is 2. The minimum Gasteiger partial charge on any atom is -0.386 e. The van der Waals surface area contributed by atoms with E-state index >= 15 is 0 Å². The van der Waals surface area contributed by atoms with Crippen LogP contribution in [0.4, 0.5) is 5.82 Å². The number of anilines is 1. The number of aliphatic hydroxyl groups excluding tert-OH is 1. The van der Waals surface area contributed by atoms with Crippen molar-refractivity contribution in [2.24, 2.45) is 10.8 Å². The van der Waals surface area contributed by atoms with Crippen LogP contribution in [0.15, 0.2) is 18.5 Å². The molecule has 234 valence electrons. The number of nitrogens with zero attached hydrogens (tertiary/aromatic N) is 3. The van der Waals surface area contributed by atoms with Gasteiger partial charge >= 0.3 is 7.82 Å². The largest absolute Gasteiger partial charge is 0.475 e. The third-order valence-electron chi connectivity index (χ3n) is 7.00. The summed E-state index contributed by atoms with van der Waals surface area (Å²) < 4.78 is 38.0. The van der Waals surface area contributed by atoms with Crippen LogP contribution >= 0.6 is 31.3 Å². The lowest BCUT2D eigenvalue weighted by Crippen LogP contribution is -2.46. The van der Waals surface area contributed by atoms with Crippen molar-refractivity contribution < 1.29 is 42.7 Å². The summed E-state index contributed by atoms with van der Waals surface area (Å²) >= 11 is 2.06. The fraction of sp³-hybridized carbons (Fsp3) is 0.692. The Morgan fingerprint density at radius 1 is 1.10 bits per heavy atom. The van der Waals surface area contributed by atoms with Crippen molar-refractivity contribution in [1.29, 1.82) is 0 Å². The molecule has 1 aliphatic heterocycles. The number of aromatic nitrogens is 3. The first-order chi connectivity index (χ1) is 19.3. The van der Waals surface area contributed by atoms with Gasteiger partial charge in [-0.15, -0.1) is 0 Å². The number of nitrogen functional groups attached to an aromatic ring is 1. The van der Waals surface area contributed by atoms with Gasteiger partial charge in [-0.05, 0) is 19.1 Å². The Balaban J connectivity index is 1.44. The number of hydrogen-bond acceptors (Lipinski definition) is 14. The number of thioether (sulfide) groups is 2. The lowest BCUT2D eigenvalue weighted by molar-refractivity contribution is -0.126. The normalized spacial score (nSPS) is 27.8. The van der Waals surface area contributed by atoms with Gasteiger partial charge in [0.05, 0.1) is 18.9 Å². The fourth-order valence-electron chi connectivity index (χ4n) is 4.47. The molecule has 2 fully saturated rings. The summed E-state index contributed by atoms with van der Waals surface area (Å²) in [7, 11) is -4.33. The summed E-state index contributed by atoms with van der Waals surface area (Å²) in [5, 5.41) is 26.7. The predicted octanol–water partition coefficient (Wildman–Crippen LogP) is 3.17. The third kappa shape index (κ3) is 6.45. The Kier molecular flexibility index (Phi) is 9.33. The second-order valence-corrected chi connectivity index (χ2v) is 16.3. The zero-order valence-corrected chi connectivity index (χ0v) is 27.3. The topological polar surface area (TPSA) is 185 Å². The first kappa shape index (κ1) is 33.3. The molecule has 0 spiro atoms. The molecule has 0 radical (unpaired) electrons. The van der Waals surface area contributed by atoms with Gasteiger partial charge in [0.2, 0.25) is 0 Å². The second-order valence-electron chi connectivity index (χ2n) is 12.5. The number of ether oxygens (including phenoxy) is 1. The van der Waals surface area contributed by atoms with Crippen LogP contribution in [-0.2, 0) is 38.1 Å². The zero-order chi connectivity index (χ0) is 31.3. The predicted molar refractivity (Wildman–Crippen MR) is 159 cm³/mol. The van der Waals surface area contributed by atoms with E-state index in [0.717, 1.165) is 23.5 Å². The van der Waals surface area contributed by atoms with Crippen molar-refractivity contribution in [3.05, 3.63) is 24.2 Å². The minimum atomic E-state index is -4.33. The zero-order valence-electron chi connectivity index (χ0n) is 24.7. The quantitative estimate of drug-likeness (QED) is 0.239. The van der Waals surface area contributed by atoms with Crippen LogP contribution < -0.4 is 5.73 Å². The average Bonchev–Trinajstić information content (AvgIpc) is 3.18. The molecule has 2 aliphatic rings. The SMILES string of the molecule is CC(C)(C)C(=O)SCCOP(=O)(OCCSC(=O)C(C)(C)C)OC1[C@H]2O[C@@](C)(c3ccc4c(N)ncnn34)[C@H](O)[C@@]12O. The molecule has 2 aromatic heterocycles. The van der Waals surface area contributed by atoms with Crippen molar-refractivity contribution in [2.45, 2.75) is 78.0 Å². The first-order valence-corrected chi connectivity index (χ1v) is 16.9. The van der Waals surface area contributed by atoms with Crippen molar-refractivity contribution in [3.8, 4) is 0 Å². The number of hydrogen-bond donors (Lipinski definition) is 3. The molecule has 1 saturated heterocycles. The molecule has 1 saturated carbocycles. The molecule has 5 atom stereocenters. The smallest absolute Gasteiger partial charge is 0.386 e. The molecule has 13 nitrogen and oxygen atoms in total. The van der Waals surface area contributed by atoms with Crippen molar-refractivity contribution >= 4 is 52.9 Å². The maximum absolute atomic E-state index is 13.7. The molecular formula is C26H39N4O9PS2. The highest BCUT2D eigenvalue weighted by atomic mass is 32.2. The van der Waals surface area contributed by atoms with Crippen LogP contribution in [0.3, 0.4) is 0 Å². The maximum atomic E-state index is 13.7. The van der Waals surface area contributed by atoms with Gasteiger partial charge in [-0.2, -0.15) is 5.10 Å². The van der Waals surface area contributed by atoms with E-state index in [0.29, 0.717) is 11.2 Å². The van der Waals surface area contributed by atoms with E-state index in [1.807, 2.05) is 0 Å². The highest BCUT2D eigenvalue weighted by Gasteiger charge is 2.82. The number of rotatable bonds is 11. The lowest BCUT2D eigenvalue weighted by Gasteiger charge is -2.32. The highest BCUT2D eigenvalue weighted by Crippen LogP contribution is 2.64. The molecule has 1 aliphatic carbocycles. The van der Waals surface area contributed by atoms with Crippen LogP contribution in [-0.4, -0.2) is 83.7 Å². The van der Waals surface area contributed by atoms with Gasteiger partial charge in [-0.3, -0.25) is 23.2 Å². The van der Waals surface area contributed by atoms with Crippen molar-refractivity contribution in [2.75, 3.05) is 30.5 Å². The summed E-state index contributed by atoms with van der Waals surface area (Å²) in [6.07, 6.45) is -2.53. The fourth-order valence-corrected chi connectivity index (χ4v) is 7.67. The molecule has 42 heavy (non-hydrogen) atoms. The number of carbonyl (C=O) groups excluding carboxylic acids is 2. The Morgan fingerprint density at radius 3 is 2.12 bits per heavy atom. The van der Waals surface area contributed by atoms with E-state index in [4.69, 9.17) is 24.0 Å². The van der Waals surface area contributed by atoms with Gasteiger partial charge in [0.15, 0.2) is 21.6 Å². The van der Waals surface area contributed by atoms with Gasteiger partial charge < -0.3 is 20.7 Å². The van der Waals surface area contributed by atoms with Gasteiger partial charge in [0.1, 0.15) is 35.8 Å². The minimum absolute atomic E-state index is 0.0633. The molecular weight excluding hydrogens is 607 g/mol. The van der Waals surface area contributed by atoms with E-state index in [2.05, 4.69) is 10.1 Å². The molecule has 3 heterocycles. The number of aliphatic hydroxyl groups is 2. The molecule has 4 rings (SSSR count). The monoisotopic (exact) mass is 646 g/mol. The van der Waals surface area contributed by atoms with E-state index in [9.17, 15) is 24.4 Å². The van der Waals surface area contributed by atoms with Crippen molar-refractivity contribution in [3.63, 3.8) is 0 Å². The lowest BCUT2D eigenvalue weighted by atomic mass is 9.91. The van der Waals surface area contributed by atoms with E-state index in [1.54, 1.807) is 60.6 Å². The Hall–Kier alpha value is -1.55. The summed E-state index contributed by atoms with van der Waals surface area (Å²) in [6, 6.07) is 3.34. The Morgan fingerprint density at radius 2 is 1.64 bits per heavy atom. The summed E-state index contributed by atoms with van der Waals surface area (Å²) in [5.41, 5.74) is 2.41.